The minimum Gasteiger partial charge on any atom is -0.465 e. The van der Waals surface area contributed by atoms with Gasteiger partial charge in [0.25, 0.3) is 5.56 Å². The highest BCUT2D eigenvalue weighted by atomic mass is 19.4. The number of nitrogens with zero attached hydrogens (tertiary/aromatic N) is 1. The van der Waals surface area contributed by atoms with E-state index in [0.717, 1.165) is 19.2 Å². The molecule has 0 aliphatic heterocycles. The monoisotopic (exact) mass is 311 g/mol. The van der Waals surface area contributed by atoms with Gasteiger partial charge < -0.3 is 9.30 Å². The highest BCUT2D eigenvalue weighted by Gasteiger charge is 2.29. The van der Waals surface area contributed by atoms with Gasteiger partial charge in [-0.25, -0.2) is 4.79 Å². The van der Waals surface area contributed by atoms with Gasteiger partial charge >= 0.3 is 12.1 Å². The molecule has 22 heavy (non-hydrogen) atoms. The fourth-order valence-electron chi connectivity index (χ4n) is 1.92. The van der Waals surface area contributed by atoms with Crippen molar-refractivity contribution in [3.8, 4) is 0 Å². The molecule has 0 bridgehead atoms. The zero-order valence-electron chi connectivity index (χ0n) is 11.6. The first-order valence-electron chi connectivity index (χ1n) is 6.27. The summed E-state index contributed by atoms with van der Waals surface area (Å²) in [4.78, 5) is 23.5. The van der Waals surface area contributed by atoms with Crippen LogP contribution >= 0.6 is 0 Å². The van der Waals surface area contributed by atoms with Gasteiger partial charge in [-0.2, -0.15) is 13.2 Å². The van der Waals surface area contributed by atoms with Gasteiger partial charge in [-0.3, -0.25) is 4.79 Å². The molecule has 0 saturated carbocycles. The maximum atomic E-state index is 12.5. The molecule has 0 unspecified atom stereocenters. The lowest BCUT2D eigenvalue weighted by molar-refractivity contribution is -0.137. The predicted molar refractivity (Wildman–Crippen MR) is 72.6 cm³/mol. The van der Waals surface area contributed by atoms with Crippen LogP contribution in [-0.2, 0) is 17.5 Å². The molecule has 7 heteroatoms. The molecule has 116 valence electrons. The lowest BCUT2D eigenvalue weighted by atomic mass is 10.1. The average molecular weight is 311 g/mol. The predicted octanol–water partition coefficient (Wildman–Crippen LogP) is 2.70. The fraction of sp³-hybridized carbons (Fsp3) is 0.200. The normalized spacial score (nSPS) is 11.3. The van der Waals surface area contributed by atoms with E-state index < -0.39 is 23.3 Å². The Morgan fingerprint density at radius 3 is 2.36 bits per heavy atom. The van der Waals surface area contributed by atoms with E-state index in [1.54, 1.807) is 0 Å². The van der Waals surface area contributed by atoms with Crippen LogP contribution in [0.2, 0.25) is 0 Å². The minimum absolute atomic E-state index is 0.0573. The zero-order chi connectivity index (χ0) is 16.3. The summed E-state index contributed by atoms with van der Waals surface area (Å²) in [5.41, 5.74) is -0.935. The number of methoxy groups -OCH3 is 1. The summed E-state index contributed by atoms with van der Waals surface area (Å²) in [6.07, 6.45) is -2.95. The lowest BCUT2D eigenvalue weighted by Gasteiger charge is -2.09. The number of aromatic nitrogens is 1. The number of pyridine rings is 1. The van der Waals surface area contributed by atoms with E-state index in [4.69, 9.17) is 0 Å². The van der Waals surface area contributed by atoms with Crippen molar-refractivity contribution < 1.29 is 22.7 Å². The van der Waals surface area contributed by atoms with Crippen LogP contribution in [-0.4, -0.2) is 17.6 Å². The van der Waals surface area contributed by atoms with Crippen LogP contribution in [0.4, 0.5) is 13.2 Å². The van der Waals surface area contributed by atoms with Gasteiger partial charge in [0.05, 0.1) is 19.2 Å². The number of esters is 1. The molecule has 2 rings (SSSR count). The van der Waals surface area contributed by atoms with Crippen molar-refractivity contribution in [3.05, 3.63) is 69.6 Å². The summed E-state index contributed by atoms with van der Waals surface area (Å²) in [5.74, 6) is -0.758. The van der Waals surface area contributed by atoms with E-state index in [2.05, 4.69) is 4.74 Å². The van der Waals surface area contributed by atoms with E-state index in [0.29, 0.717) is 5.56 Å². The summed E-state index contributed by atoms with van der Waals surface area (Å²) in [6, 6.07) is 7.31. The van der Waals surface area contributed by atoms with Gasteiger partial charge in [-0.15, -0.1) is 0 Å². The number of carbonyl (C=O) groups excluding carboxylic acids is 1. The second-order valence-electron chi connectivity index (χ2n) is 4.54. The largest absolute Gasteiger partial charge is 0.465 e. The zero-order valence-corrected chi connectivity index (χ0v) is 11.6. The van der Waals surface area contributed by atoms with Crippen molar-refractivity contribution in [3.63, 3.8) is 0 Å². The molecule has 1 aromatic carbocycles. The molecule has 0 amide bonds. The number of rotatable bonds is 3. The third-order valence-corrected chi connectivity index (χ3v) is 3.06. The Morgan fingerprint density at radius 2 is 1.82 bits per heavy atom. The van der Waals surface area contributed by atoms with Gasteiger partial charge in [0.1, 0.15) is 5.56 Å². The molecular formula is C15H12F3NO3. The van der Waals surface area contributed by atoms with Crippen molar-refractivity contribution in [2.45, 2.75) is 12.7 Å². The SMILES string of the molecule is COC(=O)c1cccn(Cc2ccc(C(F)(F)F)cc2)c1=O. The maximum absolute atomic E-state index is 12.5. The molecule has 1 heterocycles. The highest BCUT2D eigenvalue weighted by Crippen LogP contribution is 2.29. The quantitative estimate of drug-likeness (QED) is 0.819. The van der Waals surface area contributed by atoms with Crippen molar-refractivity contribution in [1.82, 2.24) is 4.57 Å². The van der Waals surface area contributed by atoms with Crippen LogP contribution in [0.3, 0.4) is 0 Å². The van der Waals surface area contributed by atoms with Crippen LogP contribution in [0.5, 0.6) is 0 Å². The van der Waals surface area contributed by atoms with Crippen molar-refractivity contribution in [2.24, 2.45) is 0 Å². The first-order valence-corrected chi connectivity index (χ1v) is 6.27. The van der Waals surface area contributed by atoms with Crippen LogP contribution in [0.15, 0.2) is 47.4 Å². The van der Waals surface area contributed by atoms with E-state index in [9.17, 15) is 22.8 Å². The number of benzene rings is 1. The van der Waals surface area contributed by atoms with Crippen LogP contribution in [0.25, 0.3) is 0 Å². The molecule has 0 spiro atoms. The molecule has 0 N–H and O–H groups in total. The Morgan fingerprint density at radius 1 is 1.18 bits per heavy atom. The fourth-order valence-corrected chi connectivity index (χ4v) is 1.92. The standard InChI is InChI=1S/C15H12F3NO3/c1-22-14(21)12-3-2-8-19(13(12)20)9-10-4-6-11(7-5-10)15(16,17)18/h2-8H,9H2,1H3. The number of alkyl halides is 3. The van der Waals surface area contributed by atoms with Crippen molar-refractivity contribution >= 4 is 5.97 Å². The second kappa shape index (κ2) is 6.05. The van der Waals surface area contributed by atoms with Gasteiger partial charge in [0.2, 0.25) is 0 Å². The number of ether oxygens (including phenoxy) is 1. The summed E-state index contributed by atoms with van der Waals surface area (Å²) >= 11 is 0. The molecule has 0 atom stereocenters. The third kappa shape index (κ3) is 3.36. The van der Waals surface area contributed by atoms with Crippen molar-refractivity contribution in [1.29, 1.82) is 0 Å². The molecule has 0 aliphatic carbocycles. The van der Waals surface area contributed by atoms with Gasteiger partial charge in [-0.1, -0.05) is 12.1 Å². The first kappa shape index (κ1) is 15.8. The van der Waals surface area contributed by atoms with E-state index in [1.165, 1.54) is 35.0 Å². The second-order valence-corrected chi connectivity index (χ2v) is 4.54. The van der Waals surface area contributed by atoms with Gasteiger partial charge in [0, 0.05) is 6.20 Å². The molecular weight excluding hydrogens is 299 g/mol. The number of halogens is 3. The van der Waals surface area contributed by atoms with Crippen LogP contribution in [0, 0.1) is 0 Å². The van der Waals surface area contributed by atoms with Gasteiger partial charge in [-0.05, 0) is 29.8 Å². The highest BCUT2D eigenvalue weighted by molar-refractivity contribution is 5.88. The van der Waals surface area contributed by atoms with Crippen LogP contribution < -0.4 is 5.56 Å². The average Bonchev–Trinajstić information content (AvgIpc) is 2.48. The lowest BCUT2D eigenvalue weighted by Crippen LogP contribution is -2.26. The number of hydrogen-bond acceptors (Lipinski definition) is 3. The van der Waals surface area contributed by atoms with E-state index in [1.807, 2.05) is 0 Å². The molecule has 4 nitrogen and oxygen atoms in total. The molecule has 0 fully saturated rings. The maximum Gasteiger partial charge on any atom is 0.416 e. The van der Waals surface area contributed by atoms with Crippen LogP contribution in [0.1, 0.15) is 21.5 Å². The Bertz CT molecular complexity index is 733. The Kier molecular flexibility index (Phi) is 4.35. The molecule has 0 saturated heterocycles. The number of hydrogen-bond donors (Lipinski definition) is 0. The molecule has 0 radical (unpaired) electrons. The summed E-state index contributed by atoms with van der Waals surface area (Å²) in [6.45, 7) is 0.0573. The Hall–Kier alpha value is -2.57. The summed E-state index contributed by atoms with van der Waals surface area (Å²) in [5, 5.41) is 0. The minimum atomic E-state index is -4.40. The van der Waals surface area contributed by atoms with E-state index >= 15 is 0 Å². The summed E-state index contributed by atoms with van der Waals surface area (Å²) in [7, 11) is 1.16. The Labute approximate surface area is 123 Å². The third-order valence-electron chi connectivity index (χ3n) is 3.06. The molecule has 1 aromatic heterocycles. The Balaban J connectivity index is 2.28. The molecule has 2 aromatic rings. The van der Waals surface area contributed by atoms with Crippen molar-refractivity contribution in [2.75, 3.05) is 7.11 Å². The molecule has 0 aliphatic rings. The summed E-state index contributed by atoms with van der Waals surface area (Å²) < 4.78 is 43.2. The van der Waals surface area contributed by atoms with E-state index in [-0.39, 0.29) is 12.1 Å². The first-order chi connectivity index (χ1) is 10.3. The smallest absolute Gasteiger partial charge is 0.416 e. The van der Waals surface area contributed by atoms with Gasteiger partial charge in [0.15, 0.2) is 0 Å². The number of carbonyl (C=O) groups is 1. The topological polar surface area (TPSA) is 48.3 Å².